The number of carbonyl (C=O) groups is 7. The van der Waals surface area contributed by atoms with Gasteiger partial charge in [-0.3, -0.25) is 28.8 Å². The van der Waals surface area contributed by atoms with Crippen LogP contribution in [-0.2, 0) is 33.5 Å². The van der Waals surface area contributed by atoms with Crippen molar-refractivity contribution < 1.29 is 38.3 Å². The van der Waals surface area contributed by atoms with Gasteiger partial charge in [0.15, 0.2) is 0 Å². The van der Waals surface area contributed by atoms with Crippen LogP contribution < -0.4 is 21.3 Å². The lowest BCUT2D eigenvalue weighted by Crippen LogP contribution is -2.59. The molecule has 0 aliphatic carbocycles. The van der Waals surface area contributed by atoms with Gasteiger partial charge >= 0.3 is 6.09 Å². The van der Waals surface area contributed by atoms with Gasteiger partial charge in [0.05, 0.1) is 12.6 Å². The number of nitrogens with one attached hydrogen (secondary N) is 4. The van der Waals surface area contributed by atoms with Crippen LogP contribution >= 0.6 is 0 Å². The topological polar surface area (TPSA) is 183 Å². The molecule has 1 saturated heterocycles. The van der Waals surface area contributed by atoms with E-state index < -0.39 is 77.0 Å². The van der Waals surface area contributed by atoms with Crippen LogP contribution in [0.2, 0.25) is 0 Å². The summed E-state index contributed by atoms with van der Waals surface area (Å²) in [6.45, 7) is 16.4. The summed E-state index contributed by atoms with van der Waals surface area (Å²) in [5.41, 5.74) is -0.658. The Labute approximate surface area is 308 Å². The van der Waals surface area contributed by atoms with Crippen molar-refractivity contribution in [3.05, 3.63) is 35.9 Å². The molecule has 1 heterocycles. The summed E-state index contributed by atoms with van der Waals surface area (Å²) in [6, 6.07) is 4.41. The number of hydrogen-bond donors (Lipinski definition) is 4. The summed E-state index contributed by atoms with van der Waals surface area (Å²) >= 11 is 0. The zero-order chi connectivity index (χ0) is 39.6. The van der Waals surface area contributed by atoms with E-state index in [1.807, 2.05) is 34.6 Å². The molecular weight excluding hydrogens is 668 g/mol. The Morgan fingerprint density at radius 2 is 1.58 bits per heavy atom. The maximum Gasteiger partial charge on any atom is 0.408 e. The molecule has 0 spiro atoms. The molecule has 1 aromatic carbocycles. The van der Waals surface area contributed by atoms with Crippen molar-refractivity contribution in [2.24, 2.45) is 16.7 Å². The average molecular weight is 729 g/mol. The highest BCUT2D eigenvalue weighted by Crippen LogP contribution is 2.36. The van der Waals surface area contributed by atoms with Crippen molar-refractivity contribution in [3.8, 4) is 0 Å². The molecular formula is C38H60N6O8. The maximum atomic E-state index is 14.1. The first-order valence-corrected chi connectivity index (χ1v) is 18.0. The minimum atomic E-state index is -1.22. The normalized spacial score (nSPS) is 17.6. The van der Waals surface area contributed by atoms with E-state index in [0.29, 0.717) is 18.4 Å². The highest BCUT2D eigenvalue weighted by Gasteiger charge is 2.48. The van der Waals surface area contributed by atoms with Crippen molar-refractivity contribution in [1.29, 1.82) is 0 Å². The fraction of sp³-hybridized carbons (Fsp3) is 0.658. The zero-order valence-electron chi connectivity index (χ0n) is 32.8. The van der Waals surface area contributed by atoms with Gasteiger partial charge < -0.3 is 35.8 Å². The van der Waals surface area contributed by atoms with Crippen LogP contribution in [-0.4, -0.2) is 103 Å². The first-order chi connectivity index (χ1) is 24.1. The van der Waals surface area contributed by atoms with Gasteiger partial charge in [-0.05, 0) is 42.1 Å². The number of ether oxygens (including phenoxy) is 1. The molecule has 52 heavy (non-hydrogen) atoms. The Bertz CT molecular complexity index is 1440. The molecule has 1 fully saturated rings. The molecule has 14 heteroatoms. The summed E-state index contributed by atoms with van der Waals surface area (Å²) in [7, 11) is 3.12. The first kappa shape index (κ1) is 43.7. The number of alkyl carbamates (subject to hydrolysis) is 1. The molecule has 0 bridgehead atoms. The van der Waals surface area contributed by atoms with Crippen LogP contribution in [0.25, 0.3) is 0 Å². The quantitative estimate of drug-likeness (QED) is 0.187. The summed E-state index contributed by atoms with van der Waals surface area (Å²) in [4.78, 5) is 95.8. The molecule has 5 atom stereocenters. The molecule has 6 amide bonds. The van der Waals surface area contributed by atoms with Crippen molar-refractivity contribution in [2.75, 3.05) is 27.2 Å². The smallest absolute Gasteiger partial charge is 0.408 e. The molecule has 1 aliphatic heterocycles. The van der Waals surface area contributed by atoms with Crippen LogP contribution in [0.1, 0.15) is 99.6 Å². The number of rotatable bonds is 16. The molecule has 14 nitrogen and oxygen atoms in total. The second kappa shape index (κ2) is 18.8. The zero-order valence-corrected chi connectivity index (χ0v) is 32.8. The van der Waals surface area contributed by atoms with Crippen LogP contribution in [0.4, 0.5) is 4.79 Å². The standard InChI is InChI=1S/C38H60N6O8/c1-12-13-19-26(30(46)33(48)39-21-28(45)41-29(34(49)43(10)11)25-17-15-14-16-18-25)40-32(47)27-20-38(8,9)22-44(27)35(50)31(37(5,6)7)42-36(51)52-24(4)23(2)3/h14-18,23-24,26-27,29,31H,12-13,19-22H2,1-11H3,(H,39,48)(H,40,47)(H,41,45)(H,42,51)/t24-,26?,27-,29-,31+/m0/s1. The van der Waals surface area contributed by atoms with E-state index in [4.69, 9.17) is 4.74 Å². The molecule has 1 unspecified atom stereocenters. The predicted octanol–water partition coefficient (Wildman–Crippen LogP) is 3.10. The van der Waals surface area contributed by atoms with Crippen molar-refractivity contribution in [1.82, 2.24) is 31.1 Å². The van der Waals surface area contributed by atoms with Gasteiger partial charge in [-0.25, -0.2) is 4.79 Å². The number of likely N-dealkylation sites (tertiary alicyclic amines) is 1. The van der Waals surface area contributed by atoms with E-state index in [2.05, 4.69) is 21.3 Å². The van der Waals surface area contributed by atoms with Crippen LogP contribution in [0.15, 0.2) is 30.3 Å². The minimum absolute atomic E-state index is 0.0651. The highest BCUT2D eigenvalue weighted by molar-refractivity contribution is 6.38. The van der Waals surface area contributed by atoms with E-state index >= 15 is 0 Å². The van der Waals surface area contributed by atoms with Gasteiger partial charge in [0.2, 0.25) is 29.4 Å². The molecule has 1 aliphatic rings. The number of unbranched alkanes of at least 4 members (excludes halogenated alkanes) is 1. The Kier molecular flexibility index (Phi) is 15.8. The second-order valence-electron chi connectivity index (χ2n) is 16.0. The lowest BCUT2D eigenvalue weighted by molar-refractivity contribution is -0.144. The van der Waals surface area contributed by atoms with E-state index in [-0.39, 0.29) is 37.3 Å². The number of hydrogen-bond acceptors (Lipinski definition) is 8. The minimum Gasteiger partial charge on any atom is -0.446 e. The molecule has 1 aromatic rings. The maximum absolute atomic E-state index is 14.1. The Morgan fingerprint density at radius 1 is 0.962 bits per heavy atom. The van der Waals surface area contributed by atoms with Crippen LogP contribution in [0, 0.1) is 16.7 Å². The van der Waals surface area contributed by atoms with E-state index in [1.165, 1.54) is 9.80 Å². The summed E-state index contributed by atoms with van der Waals surface area (Å²) < 4.78 is 5.48. The summed E-state index contributed by atoms with van der Waals surface area (Å²) in [5.74, 6) is -4.08. The number of amides is 6. The lowest BCUT2D eigenvalue weighted by Gasteiger charge is -2.36. The largest absolute Gasteiger partial charge is 0.446 e. The SMILES string of the molecule is CCCCC(NC(=O)[C@@H]1CC(C)(C)CN1C(=O)[C@@H](NC(=O)O[C@@H](C)C(C)C)C(C)(C)C)C(=O)C(=O)NCC(=O)N[C@H](C(=O)N(C)C)c1ccccc1. The highest BCUT2D eigenvalue weighted by atomic mass is 16.6. The van der Waals surface area contributed by atoms with Crippen LogP contribution in [0.3, 0.4) is 0 Å². The van der Waals surface area contributed by atoms with Gasteiger partial charge in [0.25, 0.3) is 5.91 Å². The first-order valence-electron chi connectivity index (χ1n) is 18.0. The van der Waals surface area contributed by atoms with Gasteiger partial charge in [-0.2, -0.15) is 0 Å². The molecule has 2 rings (SSSR count). The van der Waals surface area contributed by atoms with Crippen molar-refractivity contribution in [3.63, 3.8) is 0 Å². The Hall–Kier alpha value is -4.49. The van der Waals surface area contributed by atoms with Gasteiger partial charge in [-0.1, -0.05) is 98.6 Å². The van der Waals surface area contributed by atoms with Gasteiger partial charge in [-0.15, -0.1) is 0 Å². The Morgan fingerprint density at radius 3 is 2.12 bits per heavy atom. The number of likely N-dealkylation sites (N-methyl/N-ethyl adjacent to an activating group) is 1. The number of benzene rings is 1. The van der Waals surface area contributed by atoms with Gasteiger partial charge in [0.1, 0.15) is 24.2 Å². The number of ketones is 1. The molecule has 0 aromatic heterocycles. The molecule has 4 N–H and O–H groups in total. The third kappa shape index (κ3) is 12.6. The summed E-state index contributed by atoms with van der Waals surface area (Å²) in [5, 5.41) is 10.4. The number of carbonyl (C=O) groups excluding carboxylic acids is 7. The number of nitrogens with zero attached hydrogens (tertiary/aromatic N) is 2. The molecule has 290 valence electrons. The van der Waals surface area contributed by atoms with Gasteiger partial charge in [0, 0.05) is 20.6 Å². The van der Waals surface area contributed by atoms with Crippen molar-refractivity contribution in [2.45, 2.75) is 118 Å². The van der Waals surface area contributed by atoms with E-state index in [1.54, 1.807) is 72.1 Å². The average Bonchev–Trinajstić information content (AvgIpc) is 3.40. The lowest BCUT2D eigenvalue weighted by atomic mass is 9.85. The monoisotopic (exact) mass is 728 g/mol. The molecule has 0 radical (unpaired) electrons. The van der Waals surface area contributed by atoms with E-state index in [9.17, 15) is 33.6 Å². The van der Waals surface area contributed by atoms with Crippen molar-refractivity contribution >= 4 is 41.4 Å². The molecule has 0 saturated carbocycles. The second-order valence-corrected chi connectivity index (χ2v) is 16.0. The van der Waals surface area contributed by atoms with E-state index in [0.717, 1.165) is 0 Å². The predicted molar refractivity (Wildman–Crippen MR) is 197 cm³/mol. The fourth-order valence-corrected chi connectivity index (χ4v) is 5.76. The summed E-state index contributed by atoms with van der Waals surface area (Å²) in [6.07, 6.45) is 0.509. The third-order valence-corrected chi connectivity index (χ3v) is 9.15. The fourth-order valence-electron chi connectivity index (χ4n) is 5.76. The Balaban J connectivity index is 2.21. The third-order valence-electron chi connectivity index (χ3n) is 9.15. The van der Waals surface area contributed by atoms with Crippen LogP contribution in [0.5, 0.6) is 0 Å². The number of Topliss-reactive ketones (excluding diaryl/α,β-unsaturated/α-hetero) is 1.